The van der Waals surface area contributed by atoms with Crippen LogP contribution in [-0.4, -0.2) is 159 Å². The number of allylic oxidation sites excluding steroid dienone is 1. The zero-order valence-corrected chi connectivity index (χ0v) is 49.2. The number of likely N-dealkylation sites (N-methyl/N-ethyl adjacent to an activating group) is 1. The van der Waals surface area contributed by atoms with Gasteiger partial charge in [-0.15, -0.1) is 11.3 Å². The molecule has 4 aromatic rings. The second-order valence-electron chi connectivity index (χ2n) is 23.5. The van der Waals surface area contributed by atoms with Crippen molar-refractivity contribution >= 4 is 57.7 Å². The van der Waals surface area contributed by atoms with Gasteiger partial charge < -0.3 is 39.1 Å². The highest BCUT2D eigenvalue weighted by Gasteiger charge is 2.48. The first-order valence-electron chi connectivity index (χ1n) is 28.7. The molecule has 17 nitrogen and oxygen atoms in total. The molecule has 79 heavy (non-hydrogen) atoms. The average Bonchev–Trinajstić information content (AvgIpc) is 4.36. The number of aliphatic hydroxyl groups is 1. The zero-order valence-electron chi connectivity index (χ0n) is 48.4. The van der Waals surface area contributed by atoms with E-state index in [-0.39, 0.29) is 51.1 Å². The van der Waals surface area contributed by atoms with Gasteiger partial charge in [0.2, 0.25) is 11.8 Å². The fourth-order valence-electron chi connectivity index (χ4n) is 11.9. The van der Waals surface area contributed by atoms with Crippen molar-refractivity contribution in [1.82, 2.24) is 45.0 Å². The highest BCUT2D eigenvalue weighted by atomic mass is 32.1. The maximum Gasteiger partial charge on any atom is 0.259 e. The molecular formula is C61H85N9O8S. The van der Waals surface area contributed by atoms with Crippen LogP contribution in [0.5, 0.6) is 0 Å². The summed E-state index contributed by atoms with van der Waals surface area (Å²) in [7, 11) is 3.20. The summed E-state index contributed by atoms with van der Waals surface area (Å²) < 4.78 is 15.0. The monoisotopic (exact) mass is 1100 g/mol. The van der Waals surface area contributed by atoms with E-state index in [2.05, 4.69) is 78.2 Å². The van der Waals surface area contributed by atoms with Gasteiger partial charge in [0.1, 0.15) is 23.9 Å². The van der Waals surface area contributed by atoms with Crippen molar-refractivity contribution < 1.29 is 38.6 Å². The Bertz CT molecular complexity index is 2930. The van der Waals surface area contributed by atoms with Crippen molar-refractivity contribution in [3.63, 3.8) is 0 Å². The molecule has 0 spiro atoms. The Morgan fingerprint density at radius 2 is 1.86 bits per heavy atom. The molecule has 2 fully saturated rings. The van der Waals surface area contributed by atoms with E-state index in [1.54, 1.807) is 27.0 Å². The molecule has 428 valence electrons. The number of thiazole rings is 1. The number of hydrazine groups is 1. The van der Waals surface area contributed by atoms with Gasteiger partial charge in [-0.2, -0.15) is 0 Å². The number of hydrogen-bond donors (Lipinski definition) is 3. The third kappa shape index (κ3) is 13.1. The quantitative estimate of drug-likeness (QED) is 0.0685. The summed E-state index contributed by atoms with van der Waals surface area (Å²) in [6.45, 7) is 20.7. The largest absolute Gasteiger partial charge is 0.378 e. The van der Waals surface area contributed by atoms with Gasteiger partial charge in [0.25, 0.3) is 11.8 Å². The number of aryl methyl sites for hydroxylation is 1. The van der Waals surface area contributed by atoms with Gasteiger partial charge in [-0.3, -0.25) is 34.1 Å². The van der Waals surface area contributed by atoms with Crippen molar-refractivity contribution in [2.75, 3.05) is 66.6 Å². The fourth-order valence-corrected chi connectivity index (χ4v) is 12.8. The number of hydrogen-bond acceptors (Lipinski definition) is 13. The second-order valence-corrected chi connectivity index (χ2v) is 24.5. The third-order valence-electron chi connectivity index (χ3n) is 16.4. The van der Waals surface area contributed by atoms with Crippen molar-refractivity contribution in [3.05, 3.63) is 75.9 Å². The summed E-state index contributed by atoms with van der Waals surface area (Å²) in [6, 6.07) is 6.52. The van der Waals surface area contributed by atoms with Crippen LogP contribution in [0.3, 0.4) is 0 Å². The number of nitrogens with zero attached hydrogens (tertiary/aromatic N) is 7. The number of benzene rings is 1. The number of nitrogens with one attached hydrogen (secondary N) is 2. The smallest absolute Gasteiger partial charge is 0.259 e. The summed E-state index contributed by atoms with van der Waals surface area (Å²) in [4.78, 5) is 85.8. The number of aldehydes is 1. The summed E-state index contributed by atoms with van der Waals surface area (Å²) in [5.74, 6) is -2.48. The molecule has 1 aromatic carbocycles. The topological polar surface area (TPSA) is 192 Å². The number of likely N-dealkylation sites (tertiary alicyclic amines) is 1. The minimum Gasteiger partial charge on any atom is -0.378 e. The van der Waals surface area contributed by atoms with Gasteiger partial charge in [0.15, 0.2) is 5.60 Å². The van der Waals surface area contributed by atoms with Crippen LogP contribution in [0.1, 0.15) is 135 Å². The molecule has 4 aliphatic heterocycles. The molecule has 3 N–H and O–H groups in total. The highest BCUT2D eigenvalue weighted by molar-refractivity contribution is 7.10. The van der Waals surface area contributed by atoms with E-state index in [0.717, 1.165) is 89.7 Å². The lowest BCUT2D eigenvalue weighted by molar-refractivity contribution is -0.156. The number of carbonyl (C=O) groups excluding carboxylic acids is 5. The van der Waals surface area contributed by atoms with E-state index in [1.807, 2.05) is 25.4 Å². The van der Waals surface area contributed by atoms with Crippen LogP contribution in [0.4, 0.5) is 0 Å². The minimum atomic E-state index is -1.90. The summed E-state index contributed by atoms with van der Waals surface area (Å²) in [5.41, 5.74) is 8.84. The predicted octanol–water partition coefficient (Wildman–Crippen LogP) is 7.94. The molecule has 18 heteroatoms. The Kier molecular flexibility index (Phi) is 19.2. The highest BCUT2D eigenvalue weighted by Crippen LogP contribution is 2.43. The van der Waals surface area contributed by atoms with Crippen LogP contribution in [0.25, 0.3) is 39.0 Å². The fraction of sp³-hybridized carbons (Fsp3) is 0.590. The third-order valence-corrected chi connectivity index (χ3v) is 17.3. The number of carbonyl (C=O) groups is 5. The molecule has 3 aromatic heterocycles. The number of methoxy groups -OCH3 is 1. The SMILES string of the molecule is CCC/C=C/C(=O)N1CCC(O)(C(=O)N(C)[C@H](C(=O)N[C@H]2Cc3nc(cs3)-c3ccc4c(c3)c(c(-c3cc(C5=CCN(CCCC)CC5)cnc3[C@H](C)OC)n4CC)CC(C)(C)COC[C@@]3(C=O)CCCN(N3)C2=O)C(C)C)C1. The first-order chi connectivity index (χ1) is 37.8. The molecule has 6 bridgehead atoms. The Labute approximate surface area is 471 Å². The van der Waals surface area contributed by atoms with E-state index in [4.69, 9.17) is 19.4 Å². The number of β-amino-alcohol motifs (C(OH)–C–C–N with tert-alkyl or cyclic N) is 1. The molecular weight excluding hydrogens is 1020 g/mol. The maximum atomic E-state index is 15.0. The zero-order chi connectivity index (χ0) is 56.8. The Morgan fingerprint density at radius 1 is 1.06 bits per heavy atom. The molecule has 5 atom stereocenters. The Hall–Kier alpha value is -5.63. The summed E-state index contributed by atoms with van der Waals surface area (Å²) >= 11 is 1.39. The molecule has 4 aliphatic rings. The molecule has 0 aliphatic carbocycles. The van der Waals surface area contributed by atoms with E-state index < -0.39 is 52.3 Å². The number of amides is 4. The molecule has 8 rings (SSSR count). The van der Waals surface area contributed by atoms with E-state index in [9.17, 15) is 29.1 Å². The van der Waals surface area contributed by atoms with E-state index in [1.165, 1.54) is 57.7 Å². The second kappa shape index (κ2) is 25.4. The van der Waals surface area contributed by atoms with Gasteiger partial charge in [-0.25, -0.2) is 10.4 Å². The maximum absolute atomic E-state index is 15.0. The van der Waals surface area contributed by atoms with Crippen molar-refractivity contribution in [1.29, 1.82) is 0 Å². The van der Waals surface area contributed by atoms with E-state index >= 15 is 0 Å². The van der Waals surface area contributed by atoms with Gasteiger partial charge in [0.05, 0.1) is 48.0 Å². The predicted molar refractivity (Wildman–Crippen MR) is 310 cm³/mol. The number of fused-ring (bicyclic) bond motifs is 6. The van der Waals surface area contributed by atoms with Gasteiger partial charge in [-0.05, 0) is 111 Å². The lowest BCUT2D eigenvalue weighted by atomic mass is 9.83. The van der Waals surface area contributed by atoms with Crippen LogP contribution >= 0.6 is 11.3 Å². The molecule has 1 unspecified atom stereocenters. The standard InChI is InChI=1S/C61H85N9O8S/c1-11-14-16-18-52(72)68-29-24-61(76,36-68)58(75)66(9)54(40(4)5)56(73)64-48-32-51-63-49(35-79-51)43-19-20-50-45(30-43)47(33-59(7,8)38-78-39-60(37-71)23-17-26-70(65-60)57(48)74)55(69(50)13-3)46-31-44(34-62-53(46)41(6)77-10)42-21-27-67(28-22-42)25-15-12-2/h16,18-21,30-31,34-35,37,40-41,48,54,65,76H,11-15,17,22-29,32-33,36,38-39H2,1-10H3,(H,64,73)/b18-16+/t41-,48-,54-,60-,61?/m0/s1. The van der Waals surface area contributed by atoms with Crippen LogP contribution in [0.2, 0.25) is 0 Å². The molecule has 7 heterocycles. The van der Waals surface area contributed by atoms with Gasteiger partial charge in [-0.1, -0.05) is 72.6 Å². The molecule has 4 amide bonds. The number of unbranched alkanes of at least 4 members (excludes halogenated alkanes) is 2. The van der Waals surface area contributed by atoms with Crippen LogP contribution in [-0.2, 0) is 52.8 Å². The summed E-state index contributed by atoms with van der Waals surface area (Å²) in [6.07, 6.45) is 14.6. The van der Waals surface area contributed by atoms with E-state index in [0.29, 0.717) is 43.1 Å². The molecule has 0 radical (unpaired) electrons. The number of pyridine rings is 1. The van der Waals surface area contributed by atoms with Crippen molar-refractivity contribution in [2.24, 2.45) is 11.3 Å². The number of aromatic nitrogens is 3. The van der Waals surface area contributed by atoms with Crippen LogP contribution < -0.4 is 10.7 Å². The Morgan fingerprint density at radius 3 is 2.56 bits per heavy atom. The first-order valence-corrected chi connectivity index (χ1v) is 29.6. The van der Waals surface area contributed by atoms with Crippen molar-refractivity contribution in [2.45, 2.75) is 155 Å². The van der Waals surface area contributed by atoms with Gasteiger partial charge in [0, 0.05) is 93.3 Å². The first kappa shape index (κ1) is 59.5. The lowest BCUT2D eigenvalue weighted by Crippen LogP contribution is -2.66. The molecule has 0 saturated carbocycles. The Balaban J connectivity index is 1.17. The minimum absolute atomic E-state index is 0.0000446. The number of ether oxygens (including phenoxy) is 2. The summed E-state index contributed by atoms with van der Waals surface area (Å²) in [5, 5.41) is 19.8. The van der Waals surface area contributed by atoms with Crippen molar-refractivity contribution in [3.8, 4) is 22.5 Å². The lowest BCUT2D eigenvalue weighted by Gasteiger charge is -2.42. The number of rotatable bonds is 17. The molecule has 2 saturated heterocycles. The van der Waals surface area contributed by atoms with Crippen LogP contribution in [0, 0.1) is 11.3 Å². The van der Waals surface area contributed by atoms with Gasteiger partial charge >= 0.3 is 0 Å². The van der Waals surface area contributed by atoms with Crippen LogP contribution in [0.15, 0.2) is 54.1 Å². The average molecular weight is 1100 g/mol. The normalized spacial score (nSPS) is 23.0.